The number of fused-ring (bicyclic) bond motifs is 1. The zero-order chi connectivity index (χ0) is 15.5. The number of aliphatic hydroxyl groups excluding tert-OH is 2. The molecule has 0 saturated carbocycles. The van der Waals surface area contributed by atoms with Crippen molar-refractivity contribution in [1.82, 2.24) is 9.88 Å². The Hall–Kier alpha value is -1.85. The Balaban J connectivity index is 2.20. The summed E-state index contributed by atoms with van der Waals surface area (Å²) in [4.78, 5) is 12.2. The van der Waals surface area contributed by atoms with Gasteiger partial charge in [0, 0.05) is 11.2 Å². The Morgan fingerprint density at radius 3 is 2.57 bits per heavy atom. The topological polar surface area (TPSA) is 74.5 Å². The Bertz CT molecular complexity index is 621. The van der Waals surface area contributed by atoms with Gasteiger partial charge in [0.05, 0.1) is 18.8 Å². The van der Waals surface area contributed by atoms with Crippen LogP contribution in [-0.4, -0.2) is 39.4 Å². The Morgan fingerprint density at radius 2 is 1.95 bits per heavy atom. The fourth-order valence-electron chi connectivity index (χ4n) is 2.48. The van der Waals surface area contributed by atoms with E-state index >= 15 is 0 Å². The van der Waals surface area contributed by atoms with Crippen LogP contribution in [0.25, 0.3) is 10.9 Å². The molecule has 1 amide bonds. The van der Waals surface area contributed by atoms with Crippen LogP contribution in [0.5, 0.6) is 0 Å². The molecular weight excluding hydrogens is 268 g/mol. The van der Waals surface area contributed by atoms with E-state index in [4.69, 9.17) is 0 Å². The standard InChI is InChI=1S/C16H22N2O3/c1-3-16(10-19,11-20)17-15(21)9-18-12(2)8-13-6-4-5-7-14(13)18/h4-8,19-20H,3,9-11H2,1-2H3,(H,17,21). The van der Waals surface area contributed by atoms with Gasteiger partial charge in [0.25, 0.3) is 0 Å². The number of carbonyl (C=O) groups is 1. The number of nitrogens with zero attached hydrogens (tertiary/aromatic N) is 1. The van der Waals surface area contributed by atoms with E-state index in [0.717, 1.165) is 16.6 Å². The zero-order valence-corrected chi connectivity index (χ0v) is 12.5. The zero-order valence-electron chi connectivity index (χ0n) is 12.5. The third-order valence-electron chi connectivity index (χ3n) is 4.01. The average Bonchev–Trinajstić information content (AvgIpc) is 2.81. The number of benzene rings is 1. The van der Waals surface area contributed by atoms with Gasteiger partial charge >= 0.3 is 0 Å². The average molecular weight is 290 g/mol. The van der Waals surface area contributed by atoms with E-state index in [-0.39, 0.29) is 25.7 Å². The number of hydrogen-bond donors (Lipinski definition) is 3. The van der Waals surface area contributed by atoms with Gasteiger partial charge in [-0.15, -0.1) is 0 Å². The molecule has 0 saturated heterocycles. The second-order valence-corrected chi connectivity index (χ2v) is 5.43. The Labute approximate surface area is 124 Å². The number of rotatable bonds is 6. The number of aromatic nitrogens is 1. The van der Waals surface area contributed by atoms with Crippen LogP contribution in [0.3, 0.4) is 0 Å². The van der Waals surface area contributed by atoms with Crippen LogP contribution in [-0.2, 0) is 11.3 Å². The summed E-state index contributed by atoms with van der Waals surface area (Å²) in [6.07, 6.45) is 0.469. The third-order valence-corrected chi connectivity index (χ3v) is 4.01. The lowest BCUT2D eigenvalue weighted by atomic mass is 9.98. The van der Waals surface area contributed by atoms with Gasteiger partial charge in [-0.3, -0.25) is 4.79 Å². The van der Waals surface area contributed by atoms with E-state index < -0.39 is 5.54 Å². The molecule has 21 heavy (non-hydrogen) atoms. The number of carbonyl (C=O) groups excluding carboxylic acids is 1. The molecule has 5 nitrogen and oxygen atoms in total. The van der Waals surface area contributed by atoms with Gasteiger partial charge in [0.1, 0.15) is 6.54 Å². The normalized spacial score (nSPS) is 11.8. The van der Waals surface area contributed by atoms with E-state index in [9.17, 15) is 15.0 Å². The van der Waals surface area contributed by atoms with Crippen LogP contribution >= 0.6 is 0 Å². The SMILES string of the molecule is CCC(CO)(CO)NC(=O)Cn1c(C)cc2ccccc21. The molecule has 0 aliphatic carbocycles. The fraction of sp³-hybridized carbons (Fsp3) is 0.438. The molecular formula is C16H22N2O3. The number of hydrogen-bond acceptors (Lipinski definition) is 3. The number of para-hydroxylation sites is 1. The lowest BCUT2D eigenvalue weighted by Gasteiger charge is -2.29. The van der Waals surface area contributed by atoms with Crippen LogP contribution in [0, 0.1) is 6.92 Å². The van der Waals surface area contributed by atoms with Crippen molar-refractivity contribution in [3.63, 3.8) is 0 Å². The molecule has 1 aromatic heterocycles. The molecule has 0 aliphatic rings. The van der Waals surface area contributed by atoms with Crippen molar-refractivity contribution in [2.24, 2.45) is 0 Å². The molecule has 0 atom stereocenters. The molecule has 3 N–H and O–H groups in total. The van der Waals surface area contributed by atoms with Gasteiger partial charge in [-0.05, 0) is 30.9 Å². The van der Waals surface area contributed by atoms with Crippen molar-refractivity contribution >= 4 is 16.8 Å². The minimum atomic E-state index is -0.950. The lowest BCUT2D eigenvalue weighted by molar-refractivity contribution is -0.125. The summed E-state index contributed by atoms with van der Waals surface area (Å²) in [6.45, 7) is 3.39. The molecule has 2 rings (SSSR count). The molecule has 0 aliphatic heterocycles. The lowest BCUT2D eigenvalue weighted by Crippen LogP contribution is -2.54. The summed E-state index contributed by atoms with van der Waals surface area (Å²) in [5.74, 6) is -0.218. The van der Waals surface area contributed by atoms with Crippen molar-refractivity contribution in [3.8, 4) is 0 Å². The molecule has 1 aromatic carbocycles. The second-order valence-electron chi connectivity index (χ2n) is 5.43. The molecule has 0 unspecified atom stereocenters. The highest BCUT2D eigenvalue weighted by atomic mass is 16.3. The van der Waals surface area contributed by atoms with E-state index in [1.807, 2.05) is 48.7 Å². The van der Waals surface area contributed by atoms with Crippen LogP contribution in [0.15, 0.2) is 30.3 Å². The van der Waals surface area contributed by atoms with Crippen molar-refractivity contribution in [1.29, 1.82) is 0 Å². The molecule has 114 valence electrons. The number of aliphatic hydroxyl groups is 2. The van der Waals surface area contributed by atoms with Crippen LogP contribution in [0.4, 0.5) is 0 Å². The molecule has 0 bridgehead atoms. The maximum absolute atomic E-state index is 12.2. The van der Waals surface area contributed by atoms with Crippen LogP contribution in [0.2, 0.25) is 0 Å². The minimum absolute atomic E-state index is 0.168. The molecule has 5 heteroatoms. The predicted molar refractivity (Wildman–Crippen MR) is 82.0 cm³/mol. The summed E-state index contributed by atoms with van der Waals surface area (Å²) < 4.78 is 1.93. The largest absolute Gasteiger partial charge is 0.394 e. The van der Waals surface area contributed by atoms with E-state index in [1.54, 1.807) is 0 Å². The summed E-state index contributed by atoms with van der Waals surface area (Å²) in [6, 6.07) is 9.92. The predicted octanol–water partition coefficient (Wildman–Crippen LogP) is 1.20. The summed E-state index contributed by atoms with van der Waals surface area (Å²) in [7, 11) is 0. The first kappa shape index (κ1) is 15.5. The van der Waals surface area contributed by atoms with Crippen LogP contribution < -0.4 is 5.32 Å². The van der Waals surface area contributed by atoms with Crippen molar-refractivity contribution in [2.75, 3.05) is 13.2 Å². The summed E-state index contributed by atoms with van der Waals surface area (Å²) >= 11 is 0. The van der Waals surface area contributed by atoms with E-state index in [1.165, 1.54) is 0 Å². The first-order valence-corrected chi connectivity index (χ1v) is 7.13. The quantitative estimate of drug-likeness (QED) is 0.748. The van der Waals surface area contributed by atoms with E-state index in [2.05, 4.69) is 5.32 Å². The van der Waals surface area contributed by atoms with Gasteiger partial charge in [-0.25, -0.2) is 0 Å². The molecule has 0 spiro atoms. The Morgan fingerprint density at radius 1 is 1.29 bits per heavy atom. The minimum Gasteiger partial charge on any atom is -0.394 e. The fourth-order valence-corrected chi connectivity index (χ4v) is 2.48. The monoisotopic (exact) mass is 290 g/mol. The van der Waals surface area contributed by atoms with Crippen molar-refractivity contribution in [2.45, 2.75) is 32.4 Å². The van der Waals surface area contributed by atoms with Crippen molar-refractivity contribution in [3.05, 3.63) is 36.0 Å². The third kappa shape index (κ3) is 3.09. The first-order valence-electron chi connectivity index (χ1n) is 7.13. The maximum Gasteiger partial charge on any atom is 0.240 e. The number of nitrogens with one attached hydrogen (secondary N) is 1. The smallest absolute Gasteiger partial charge is 0.240 e. The summed E-state index contributed by atoms with van der Waals surface area (Å²) in [5, 5.41) is 22.6. The Kier molecular flexibility index (Phi) is 4.65. The first-order chi connectivity index (χ1) is 10.0. The van der Waals surface area contributed by atoms with Crippen molar-refractivity contribution < 1.29 is 15.0 Å². The molecule has 1 heterocycles. The number of aryl methyl sites for hydroxylation is 1. The van der Waals surface area contributed by atoms with Gasteiger partial charge in [-0.1, -0.05) is 25.1 Å². The van der Waals surface area contributed by atoms with Gasteiger partial charge in [0.15, 0.2) is 0 Å². The van der Waals surface area contributed by atoms with Gasteiger partial charge in [0.2, 0.25) is 5.91 Å². The maximum atomic E-state index is 12.2. The second kappa shape index (κ2) is 6.28. The van der Waals surface area contributed by atoms with Gasteiger partial charge in [-0.2, -0.15) is 0 Å². The molecule has 0 radical (unpaired) electrons. The highest BCUT2D eigenvalue weighted by molar-refractivity contribution is 5.84. The van der Waals surface area contributed by atoms with E-state index in [0.29, 0.717) is 6.42 Å². The highest BCUT2D eigenvalue weighted by Gasteiger charge is 2.28. The highest BCUT2D eigenvalue weighted by Crippen LogP contribution is 2.19. The molecule has 0 fully saturated rings. The summed E-state index contributed by atoms with van der Waals surface area (Å²) in [5.41, 5.74) is 1.05. The number of amides is 1. The molecule has 2 aromatic rings. The van der Waals surface area contributed by atoms with Crippen LogP contribution in [0.1, 0.15) is 19.0 Å². The van der Waals surface area contributed by atoms with Gasteiger partial charge < -0.3 is 20.1 Å².